The Morgan fingerprint density at radius 1 is 1.17 bits per heavy atom. The molecule has 0 aromatic carbocycles. The zero-order valence-corrected chi connectivity index (χ0v) is 21.4. The van der Waals surface area contributed by atoms with Gasteiger partial charge in [0.05, 0.1) is 23.1 Å². The molecule has 3 aromatic heterocycles. The normalized spacial score (nSPS) is 15.7. The number of halogens is 1. The summed E-state index contributed by atoms with van der Waals surface area (Å²) in [6.07, 6.45) is 4.68. The second kappa shape index (κ2) is 9.03. The van der Waals surface area contributed by atoms with Gasteiger partial charge in [0.25, 0.3) is 5.91 Å². The van der Waals surface area contributed by atoms with E-state index in [0.717, 1.165) is 6.26 Å². The molecule has 1 amide bonds. The molecule has 1 saturated heterocycles. The van der Waals surface area contributed by atoms with Crippen LogP contribution < -0.4 is 0 Å². The van der Waals surface area contributed by atoms with Crippen molar-refractivity contribution in [3.63, 3.8) is 0 Å². The number of fused-ring (bicyclic) bond motifs is 1. The molecule has 36 heavy (non-hydrogen) atoms. The van der Waals surface area contributed by atoms with Gasteiger partial charge in [0, 0.05) is 30.9 Å². The van der Waals surface area contributed by atoms with E-state index in [2.05, 4.69) is 21.8 Å². The zero-order valence-electron chi connectivity index (χ0n) is 20.5. The summed E-state index contributed by atoms with van der Waals surface area (Å²) in [5.41, 5.74) is 0.878. The molecule has 0 unspecified atom stereocenters. The van der Waals surface area contributed by atoms with Gasteiger partial charge in [-0.3, -0.25) is 9.36 Å². The second-order valence-electron chi connectivity index (χ2n) is 9.75. The highest BCUT2D eigenvalue weighted by Crippen LogP contribution is 2.28. The third-order valence-electron chi connectivity index (χ3n) is 6.52. The summed E-state index contributed by atoms with van der Waals surface area (Å²) in [4.78, 5) is 23.3. The largest absolute Gasteiger partial charge is 0.338 e. The maximum absolute atomic E-state index is 14.2. The SMILES string of the molecule is CC1(F)CCN(C(=O)c2cnc3c(c2)cc(C#CC(C)(C)S(C)(=O)=O)n3-c2ccc(C#N)nc2)CC1. The van der Waals surface area contributed by atoms with Crippen LogP contribution in [0.3, 0.4) is 0 Å². The molecule has 0 bridgehead atoms. The lowest BCUT2D eigenvalue weighted by Crippen LogP contribution is -2.43. The Morgan fingerprint density at radius 2 is 1.86 bits per heavy atom. The minimum absolute atomic E-state index is 0.224. The van der Waals surface area contributed by atoms with Crippen LogP contribution in [0.4, 0.5) is 4.39 Å². The van der Waals surface area contributed by atoms with E-state index in [1.165, 1.54) is 26.2 Å². The first-order valence-corrected chi connectivity index (χ1v) is 13.3. The molecule has 0 radical (unpaired) electrons. The zero-order chi connectivity index (χ0) is 26.3. The van der Waals surface area contributed by atoms with Crippen molar-refractivity contribution in [2.24, 2.45) is 0 Å². The number of nitrogens with zero attached hydrogens (tertiary/aromatic N) is 5. The molecule has 8 nitrogen and oxygen atoms in total. The number of nitriles is 1. The average Bonchev–Trinajstić information content (AvgIpc) is 3.19. The average molecular weight is 508 g/mol. The molecule has 186 valence electrons. The summed E-state index contributed by atoms with van der Waals surface area (Å²) in [6.45, 7) is 5.28. The summed E-state index contributed by atoms with van der Waals surface area (Å²) < 4.78 is 38.9. The number of carbonyl (C=O) groups excluding carboxylic acids is 1. The predicted octanol–water partition coefficient (Wildman–Crippen LogP) is 3.43. The number of amides is 1. The highest BCUT2D eigenvalue weighted by Gasteiger charge is 2.32. The second-order valence-corrected chi connectivity index (χ2v) is 12.3. The number of rotatable bonds is 3. The van der Waals surface area contributed by atoms with Crippen molar-refractivity contribution in [1.29, 1.82) is 5.26 Å². The maximum atomic E-state index is 14.2. The number of pyridine rings is 2. The number of alkyl halides is 1. The van der Waals surface area contributed by atoms with E-state index < -0.39 is 20.3 Å². The third-order valence-corrected chi connectivity index (χ3v) is 8.48. The number of hydrogen-bond acceptors (Lipinski definition) is 6. The van der Waals surface area contributed by atoms with E-state index in [1.807, 2.05) is 6.07 Å². The van der Waals surface area contributed by atoms with Gasteiger partial charge < -0.3 is 4.90 Å². The third kappa shape index (κ3) is 4.95. The fraction of sp³-hybridized carbons (Fsp3) is 0.385. The van der Waals surface area contributed by atoms with Crippen LogP contribution in [-0.2, 0) is 9.84 Å². The molecule has 10 heteroatoms. The fourth-order valence-electron chi connectivity index (χ4n) is 3.81. The van der Waals surface area contributed by atoms with Gasteiger partial charge in [-0.2, -0.15) is 5.26 Å². The van der Waals surface area contributed by atoms with Gasteiger partial charge in [-0.05, 0) is 63.8 Å². The van der Waals surface area contributed by atoms with Crippen LogP contribution in [0, 0.1) is 23.2 Å². The van der Waals surface area contributed by atoms with E-state index in [0.29, 0.717) is 41.1 Å². The van der Waals surface area contributed by atoms with Crippen molar-refractivity contribution in [3.05, 3.63) is 53.6 Å². The molecule has 4 rings (SSSR count). The van der Waals surface area contributed by atoms with Crippen LogP contribution in [0.15, 0.2) is 36.7 Å². The van der Waals surface area contributed by atoms with Gasteiger partial charge in [0.15, 0.2) is 9.84 Å². The number of likely N-dealkylation sites (tertiary alicyclic amines) is 1. The monoisotopic (exact) mass is 507 g/mol. The Hall–Kier alpha value is -3.76. The van der Waals surface area contributed by atoms with E-state index in [4.69, 9.17) is 5.26 Å². The summed E-state index contributed by atoms with van der Waals surface area (Å²) in [5, 5.41) is 9.71. The predicted molar refractivity (Wildman–Crippen MR) is 134 cm³/mol. The van der Waals surface area contributed by atoms with E-state index >= 15 is 0 Å². The van der Waals surface area contributed by atoms with Crippen LogP contribution in [0.2, 0.25) is 0 Å². The Morgan fingerprint density at radius 3 is 2.44 bits per heavy atom. The summed E-state index contributed by atoms with van der Waals surface area (Å²) >= 11 is 0. The molecule has 0 atom stereocenters. The molecular weight excluding hydrogens is 481 g/mol. The van der Waals surface area contributed by atoms with Crippen LogP contribution in [0.25, 0.3) is 16.7 Å². The van der Waals surface area contributed by atoms with Gasteiger partial charge >= 0.3 is 0 Å². The maximum Gasteiger partial charge on any atom is 0.255 e. The smallest absolute Gasteiger partial charge is 0.255 e. The van der Waals surface area contributed by atoms with Gasteiger partial charge in [-0.15, -0.1) is 0 Å². The van der Waals surface area contributed by atoms with Crippen molar-refractivity contribution in [1.82, 2.24) is 19.4 Å². The van der Waals surface area contributed by atoms with Crippen molar-refractivity contribution < 1.29 is 17.6 Å². The number of hydrogen-bond donors (Lipinski definition) is 0. The molecule has 1 fully saturated rings. The minimum Gasteiger partial charge on any atom is -0.338 e. The van der Waals surface area contributed by atoms with Gasteiger partial charge in [-0.1, -0.05) is 5.92 Å². The topological polar surface area (TPSA) is 109 Å². The molecule has 0 N–H and O–H groups in total. The van der Waals surface area contributed by atoms with Gasteiger partial charge in [-0.25, -0.2) is 22.8 Å². The molecule has 1 aliphatic heterocycles. The number of carbonyl (C=O) groups is 1. The molecule has 0 aliphatic carbocycles. The molecule has 0 saturated carbocycles. The Bertz CT molecular complexity index is 1550. The molecule has 0 spiro atoms. The van der Waals surface area contributed by atoms with Crippen molar-refractivity contribution in [2.45, 2.75) is 44.0 Å². The van der Waals surface area contributed by atoms with E-state index in [1.54, 1.807) is 40.7 Å². The summed E-state index contributed by atoms with van der Waals surface area (Å²) in [5.74, 6) is 5.57. The Labute approximate surface area is 209 Å². The quantitative estimate of drug-likeness (QED) is 0.503. The van der Waals surface area contributed by atoms with Gasteiger partial charge in [0.1, 0.15) is 27.8 Å². The van der Waals surface area contributed by atoms with E-state index in [9.17, 15) is 17.6 Å². The van der Waals surface area contributed by atoms with Gasteiger partial charge in [0.2, 0.25) is 0 Å². The number of aromatic nitrogens is 3. The molecule has 3 aromatic rings. The van der Waals surface area contributed by atoms with Crippen molar-refractivity contribution in [2.75, 3.05) is 19.3 Å². The first kappa shape index (κ1) is 25.3. The van der Waals surface area contributed by atoms with E-state index in [-0.39, 0.29) is 24.4 Å². The minimum atomic E-state index is -3.45. The van der Waals surface area contributed by atoms with Crippen LogP contribution >= 0.6 is 0 Å². The lowest BCUT2D eigenvalue weighted by atomic mass is 9.95. The molecule has 4 heterocycles. The van der Waals surface area contributed by atoms with Crippen LogP contribution in [0.1, 0.15) is 55.4 Å². The lowest BCUT2D eigenvalue weighted by Gasteiger charge is -2.34. The van der Waals surface area contributed by atoms with Crippen molar-refractivity contribution in [3.8, 4) is 23.6 Å². The Kier molecular flexibility index (Phi) is 6.36. The molecular formula is C26H26FN5O3S. The lowest BCUT2D eigenvalue weighted by molar-refractivity contribution is 0.0503. The van der Waals surface area contributed by atoms with Crippen molar-refractivity contribution >= 4 is 26.8 Å². The number of sulfone groups is 1. The summed E-state index contributed by atoms with van der Waals surface area (Å²) in [7, 11) is -3.45. The van der Waals surface area contributed by atoms with Crippen LogP contribution in [-0.4, -0.2) is 63.5 Å². The van der Waals surface area contributed by atoms with Crippen LogP contribution in [0.5, 0.6) is 0 Å². The Balaban J connectivity index is 1.80. The fourth-order valence-corrected chi connectivity index (χ4v) is 4.05. The standard InChI is InChI=1S/C26H26FN5O3S/c1-25(2,36(4,34)35)8-7-21-14-18-13-19(24(33)31-11-9-26(3,27)10-12-31)16-30-23(18)32(21)22-6-5-20(15-28)29-17-22/h5-6,13-14,16-17H,9-12H2,1-4H3. The first-order valence-electron chi connectivity index (χ1n) is 11.4. The summed E-state index contributed by atoms with van der Waals surface area (Å²) in [6, 6.07) is 8.67. The highest BCUT2D eigenvalue weighted by molar-refractivity contribution is 7.92. The molecule has 1 aliphatic rings. The highest BCUT2D eigenvalue weighted by atomic mass is 32.2. The first-order chi connectivity index (χ1) is 16.8. The number of piperidine rings is 1.